The monoisotopic (exact) mass is 161 g/mol. The van der Waals surface area contributed by atoms with Crippen LogP contribution in [0.5, 0.6) is 0 Å². The molecule has 66 valence electrons. The van der Waals surface area contributed by atoms with Gasteiger partial charge in [-0.25, -0.2) is 4.79 Å². The lowest BCUT2D eigenvalue weighted by molar-refractivity contribution is 0.168. The Balaban J connectivity index is 3.58. The lowest BCUT2D eigenvalue weighted by Crippen LogP contribution is -2.46. The summed E-state index contributed by atoms with van der Waals surface area (Å²) in [6.45, 7) is 0.811. The van der Waals surface area contributed by atoms with E-state index in [4.69, 9.17) is 10.5 Å². The second-order valence-corrected chi connectivity index (χ2v) is 2.11. The van der Waals surface area contributed by atoms with Crippen molar-refractivity contribution in [2.75, 3.05) is 27.3 Å². The molecule has 5 heteroatoms. The van der Waals surface area contributed by atoms with Gasteiger partial charge in [0.1, 0.15) is 0 Å². The van der Waals surface area contributed by atoms with Crippen molar-refractivity contribution in [3.8, 4) is 0 Å². The van der Waals surface area contributed by atoms with Crippen LogP contribution >= 0.6 is 0 Å². The van der Waals surface area contributed by atoms with Crippen LogP contribution in [0.15, 0.2) is 0 Å². The van der Waals surface area contributed by atoms with E-state index in [2.05, 4.69) is 10.6 Å². The number of carbonyl (C=O) groups is 1. The molecule has 0 heterocycles. The third-order valence-electron chi connectivity index (χ3n) is 1.21. The Morgan fingerprint density at radius 1 is 1.73 bits per heavy atom. The molecule has 5 nitrogen and oxygen atoms in total. The fraction of sp³-hybridized carbons (Fsp3) is 0.833. The predicted molar refractivity (Wildman–Crippen MR) is 42.3 cm³/mol. The first-order chi connectivity index (χ1) is 5.24. The molecule has 0 spiro atoms. The van der Waals surface area contributed by atoms with Crippen LogP contribution in [0.25, 0.3) is 0 Å². The van der Waals surface area contributed by atoms with Gasteiger partial charge in [-0.2, -0.15) is 0 Å². The molecule has 1 atom stereocenters. The number of methoxy groups -OCH3 is 1. The first-order valence-corrected chi connectivity index (χ1v) is 3.41. The normalized spacial score (nSPS) is 12.3. The van der Waals surface area contributed by atoms with Crippen LogP contribution in [0, 0.1) is 0 Å². The number of amides is 2. The highest BCUT2D eigenvalue weighted by atomic mass is 16.5. The van der Waals surface area contributed by atoms with Gasteiger partial charge in [0.05, 0.1) is 12.6 Å². The van der Waals surface area contributed by atoms with Crippen LogP contribution in [0.1, 0.15) is 0 Å². The van der Waals surface area contributed by atoms with Crippen molar-refractivity contribution < 1.29 is 9.53 Å². The highest BCUT2D eigenvalue weighted by Gasteiger charge is 2.07. The Hall–Kier alpha value is -0.810. The SMILES string of the molecule is CNC(=O)NC(CN)COC. The van der Waals surface area contributed by atoms with Crippen molar-refractivity contribution in [2.24, 2.45) is 5.73 Å². The summed E-state index contributed by atoms with van der Waals surface area (Å²) in [6, 6.07) is -0.350. The molecule has 0 aliphatic rings. The molecule has 0 saturated carbocycles. The number of hydrogen-bond donors (Lipinski definition) is 3. The van der Waals surface area contributed by atoms with Crippen molar-refractivity contribution in [2.45, 2.75) is 6.04 Å². The molecule has 0 fully saturated rings. The summed E-state index contributed by atoms with van der Waals surface area (Å²) in [5, 5.41) is 5.04. The van der Waals surface area contributed by atoms with E-state index in [1.165, 1.54) is 0 Å². The average molecular weight is 161 g/mol. The Morgan fingerprint density at radius 2 is 2.36 bits per heavy atom. The Morgan fingerprint density at radius 3 is 2.73 bits per heavy atom. The fourth-order valence-corrected chi connectivity index (χ4v) is 0.627. The van der Waals surface area contributed by atoms with E-state index in [-0.39, 0.29) is 12.1 Å². The highest BCUT2D eigenvalue weighted by molar-refractivity contribution is 5.73. The Bertz CT molecular complexity index is 118. The van der Waals surface area contributed by atoms with Gasteiger partial charge in [0, 0.05) is 20.7 Å². The van der Waals surface area contributed by atoms with Gasteiger partial charge in [0.25, 0.3) is 0 Å². The average Bonchev–Trinajstić information content (AvgIpc) is 2.03. The third kappa shape index (κ3) is 4.58. The fourth-order valence-electron chi connectivity index (χ4n) is 0.627. The lowest BCUT2D eigenvalue weighted by Gasteiger charge is -2.14. The third-order valence-corrected chi connectivity index (χ3v) is 1.21. The van der Waals surface area contributed by atoms with Crippen molar-refractivity contribution in [1.82, 2.24) is 10.6 Å². The Kier molecular flexibility index (Phi) is 5.50. The summed E-state index contributed by atoms with van der Waals surface area (Å²) in [6.07, 6.45) is 0. The van der Waals surface area contributed by atoms with Crippen molar-refractivity contribution in [1.29, 1.82) is 0 Å². The molecule has 1 unspecified atom stereocenters. The predicted octanol–water partition coefficient (Wildman–Crippen LogP) is -1.11. The number of urea groups is 1. The molecule has 0 aromatic rings. The highest BCUT2D eigenvalue weighted by Crippen LogP contribution is 1.80. The summed E-state index contributed by atoms with van der Waals surface area (Å²) in [5.74, 6) is 0. The standard InChI is InChI=1S/C6H15N3O2/c1-8-6(10)9-5(3-7)4-11-2/h5H,3-4,7H2,1-2H3,(H2,8,9,10). The van der Waals surface area contributed by atoms with Crippen LogP contribution in [0.2, 0.25) is 0 Å². The van der Waals surface area contributed by atoms with Gasteiger partial charge in [0.2, 0.25) is 0 Å². The van der Waals surface area contributed by atoms with E-state index in [1.807, 2.05) is 0 Å². The van der Waals surface area contributed by atoms with E-state index in [0.29, 0.717) is 13.2 Å². The van der Waals surface area contributed by atoms with Gasteiger partial charge in [-0.1, -0.05) is 0 Å². The van der Waals surface area contributed by atoms with Gasteiger partial charge in [0.15, 0.2) is 0 Å². The van der Waals surface area contributed by atoms with Crippen molar-refractivity contribution in [3.63, 3.8) is 0 Å². The summed E-state index contributed by atoms with van der Waals surface area (Å²) in [7, 11) is 3.11. The zero-order valence-corrected chi connectivity index (χ0v) is 6.89. The Labute approximate surface area is 66.3 Å². The number of hydrogen-bond acceptors (Lipinski definition) is 3. The molecule has 0 rings (SSSR count). The second-order valence-electron chi connectivity index (χ2n) is 2.11. The maximum atomic E-state index is 10.7. The quantitative estimate of drug-likeness (QED) is 0.489. The molecular formula is C6H15N3O2. The zero-order chi connectivity index (χ0) is 8.69. The van der Waals surface area contributed by atoms with E-state index in [9.17, 15) is 4.79 Å². The summed E-state index contributed by atoms with van der Waals surface area (Å²) >= 11 is 0. The summed E-state index contributed by atoms with van der Waals surface area (Å²) < 4.78 is 4.82. The van der Waals surface area contributed by atoms with Crippen LogP contribution in [0.3, 0.4) is 0 Å². The van der Waals surface area contributed by atoms with Gasteiger partial charge < -0.3 is 21.1 Å². The zero-order valence-electron chi connectivity index (χ0n) is 6.89. The molecule has 0 aromatic heterocycles. The molecule has 0 aromatic carbocycles. The minimum atomic E-state index is -0.238. The van der Waals surface area contributed by atoms with Gasteiger partial charge >= 0.3 is 6.03 Å². The summed E-state index contributed by atoms with van der Waals surface area (Å²) in [5.41, 5.74) is 5.34. The van der Waals surface area contributed by atoms with Gasteiger partial charge in [-0.05, 0) is 0 Å². The molecule has 0 bridgehead atoms. The van der Waals surface area contributed by atoms with Crippen LogP contribution < -0.4 is 16.4 Å². The molecule has 4 N–H and O–H groups in total. The van der Waals surface area contributed by atoms with E-state index in [0.717, 1.165) is 0 Å². The first-order valence-electron chi connectivity index (χ1n) is 3.41. The van der Waals surface area contributed by atoms with Crippen LogP contribution in [-0.4, -0.2) is 39.4 Å². The summed E-state index contributed by atoms with van der Waals surface area (Å²) in [4.78, 5) is 10.7. The van der Waals surface area contributed by atoms with Crippen LogP contribution in [0.4, 0.5) is 4.79 Å². The first kappa shape index (κ1) is 10.2. The lowest BCUT2D eigenvalue weighted by atomic mass is 10.3. The smallest absolute Gasteiger partial charge is 0.314 e. The van der Waals surface area contributed by atoms with Crippen molar-refractivity contribution in [3.05, 3.63) is 0 Å². The van der Waals surface area contributed by atoms with E-state index < -0.39 is 0 Å². The maximum absolute atomic E-state index is 10.7. The topological polar surface area (TPSA) is 76.4 Å². The largest absolute Gasteiger partial charge is 0.383 e. The number of rotatable bonds is 4. The molecule has 0 aliphatic carbocycles. The second kappa shape index (κ2) is 5.94. The number of nitrogens with two attached hydrogens (primary N) is 1. The van der Waals surface area contributed by atoms with Gasteiger partial charge in [-0.15, -0.1) is 0 Å². The molecule has 0 saturated heterocycles. The van der Waals surface area contributed by atoms with Gasteiger partial charge in [-0.3, -0.25) is 0 Å². The number of carbonyl (C=O) groups excluding carboxylic acids is 1. The number of nitrogens with one attached hydrogen (secondary N) is 2. The molecule has 0 aliphatic heterocycles. The molecular weight excluding hydrogens is 146 g/mol. The minimum absolute atomic E-state index is 0.111. The maximum Gasteiger partial charge on any atom is 0.314 e. The van der Waals surface area contributed by atoms with Crippen LogP contribution in [-0.2, 0) is 4.74 Å². The minimum Gasteiger partial charge on any atom is -0.383 e. The molecule has 0 radical (unpaired) electrons. The molecule has 2 amide bonds. The van der Waals surface area contributed by atoms with E-state index in [1.54, 1.807) is 14.2 Å². The molecule has 11 heavy (non-hydrogen) atoms. The van der Waals surface area contributed by atoms with E-state index >= 15 is 0 Å². The number of ether oxygens (including phenoxy) is 1. The van der Waals surface area contributed by atoms with Crippen molar-refractivity contribution >= 4 is 6.03 Å².